The molecule has 0 saturated carbocycles. The van der Waals surface area contributed by atoms with E-state index in [1.54, 1.807) is 10.4 Å². The number of hydrogen-bond donors (Lipinski definition) is 1. The minimum Gasteiger partial charge on any atom is -0.315 e. The van der Waals surface area contributed by atoms with Crippen molar-refractivity contribution in [3.8, 4) is 0 Å². The first-order valence-electron chi connectivity index (χ1n) is 6.95. The lowest BCUT2D eigenvalue weighted by Crippen LogP contribution is -2.48. The summed E-state index contributed by atoms with van der Waals surface area (Å²) >= 11 is 4.72. The third kappa shape index (κ3) is 3.44. The summed E-state index contributed by atoms with van der Waals surface area (Å²) in [6.07, 6.45) is 2.81. The summed E-state index contributed by atoms with van der Waals surface area (Å²) in [5, 5.41) is 3.30. The van der Waals surface area contributed by atoms with Crippen LogP contribution in [0.1, 0.15) is 31.7 Å². The molecule has 1 atom stereocenters. The van der Waals surface area contributed by atoms with E-state index >= 15 is 0 Å². The number of hydrogen-bond acceptors (Lipinski definition) is 4. The Labute approximate surface area is 133 Å². The highest BCUT2D eigenvalue weighted by molar-refractivity contribution is 9.11. The fourth-order valence-corrected chi connectivity index (χ4v) is 6.58. The fourth-order valence-electron chi connectivity index (χ4n) is 2.47. The summed E-state index contributed by atoms with van der Waals surface area (Å²) in [5.74, 6) is 0. The molecule has 1 N–H and O–H groups in total. The van der Waals surface area contributed by atoms with Crippen molar-refractivity contribution in [3.05, 3.63) is 15.4 Å². The van der Waals surface area contributed by atoms with Gasteiger partial charge >= 0.3 is 0 Å². The second-order valence-electron chi connectivity index (χ2n) is 5.14. The molecular formula is C13H21BrN2O2S2. The van der Waals surface area contributed by atoms with Crippen molar-refractivity contribution in [2.24, 2.45) is 0 Å². The number of nitrogens with one attached hydrogen (secondary N) is 1. The third-order valence-corrected chi connectivity index (χ3v) is 8.06. The Hall–Kier alpha value is 0.0500. The second kappa shape index (κ2) is 6.87. The van der Waals surface area contributed by atoms with Gasteiger partial charge in [0.1, 0.15) is 4.21 Å². The van der Waals surface area contributed by atoms with Crippen LogP contribution in [0.2, 0.25) is 0 Å². The molecule has 1 aromatic heterocycles. The fraction of sp³-hybridized carbons (Fsp3) is 0.692. The lowest BCUT2D eigenvalue weighted by atomic mass is 10.1. The number of sulfonamides is 1. The Bertz CT molecular complexity index is 531. The Kier molecular flexibility index (Phi) is 5.64. The van der Waals surface area contributed by atoms with Gasteiger partial charge in [-0.05, 0) is 60.3 Å². The minimum atomic E-state index is -3.38. The molecule has 2 rings (SSSR count). The van der Waals surface area contributed by atoms with Gasteiger partial charge in [-0.1, -0.05) is 6.92 Å². The van der Waals surface area contributed by atoms with E-state index in [1.165, 1.54) is 11.3 Å². The van der Waals surface area contributed by atoms with Crippen LogP contribution in [-0.2, 0) is 10.0 Å². The number of nitrogens with zero attached hydrogens (tertiary/aromatic N) is 1. The van der Waals surface area contributed by atoms with Gasteiger partial charge in [0.25, 0.3) is 10.0 Å². The topological polar surface area (TPSA) is 49.4 Å². The van der Waals surface area contributed by atoms with Crippen molar-refractivity contribution in [1.82, 2.24) is 9.62 Å². The van der Waals surface area contributed by atoms with E-state index in [-0.39, 0.29) is 6.04 Å². The Morgan fingerprint density at radius 1 is 1.55 bits per heavy atom. The maximum atomic E-state index is 12.9. The van der Waals surface area contributed by atoms with Gasteiger partial charge in [0.2, 0.25) is 0 Å². The zero-order chi connectivity index (χ0) is 14.8. The molecule has 0 aromatic carbocycles. The van der Waals surface area contributed by atoms with Gasteiger partial charge in [-0.25, -0.2) is 8.42 Å². The Morgan fingerprint density at radius 3 is 2.80 bits per heavy atom. The predicted octanol–water partition coefficient (Wildman–Crippen LogP) is 2.97. The highest BCUT2D eigenvalue weighted by Gasteiger charge is 2.33. The van der Waals surface area contributed by atoms with Crippen molar-refractivity contribution in [2.45, 2.75) is 43.4 Å². The first-order valence-corrected chi connectivity index (χ1v) is 10.00. The van der Waals surface area contributed by atoms with E-state index in [2.05, 4.69) is 21.2 Å². The van der Waals surface area contributed by atoms with Gasteiger partial charge in [-0.3, -0.25) is 0 Å². The maximum Gasteiger partial charge on any atom is 0.252 e. The zero-order valence-corrected chi connectivity index (χ0v) is 15.1. The van der Waals surface area contributed by atoms with Crippen LogP contribution in [-0.4, -0.2) is 38.4 Å². The smallest absolute Gasteiger partial charge is 0.252 e. The average molecular weight is 381 g/mol. The second-order valence-corrected chi connectivity index (χ2v) is 9.63. The molecule has 4 nitrogen and oxygen atoms in total. The molecule has 1 unspecified atom stereocenters. The molecule has 0 aliphatic carbocycles. The summed E-state index contributed by atoms with van der Waals surface area (Å²) in [4.78, 5) is 0. The maximum absolute atomic E-state index is 12.9. The summed E-state index contributed by atoms with van der Waals surface area (Å²) in [5.41, 5.74) is 0.979. The van der Waals surface area contributed by atoms with E-state index in [0.29, 0.717) is 10.8 Å². The third-order valence-electron chi connectivity index (χ3n) is 3.52. The molecule has 7 heteroatoms. The molecule has 1 aliphatic heterocycles. The predicted molar refractivity (Wildman–Crippen MR) is 86.8 cm³/mol. The SMILES string of the molecule is CCCN(C1CCCNC1)S(=O)(=O)c1cc(C)c(Br)s1. The van der Waals surface area contributed by atoms with E-state index in [1.807, 2.05) is 13.8 Å². The van der Waals surface area contributed by atoms with Crippen LogP contribution in [0.25, 0.3) is 0 Å². The molecule has 20 heavy (non-hydrogen) atoms. The number of aryl methyl sites for hydroxylation is 1. The standard InChI is InChI=1S/C13H21BrN2O2S2/c1-3-7-16(11-5-4-6-15-9-11)20(17,18)12-8-10(2)13(14)19-12/h8,11,15H,3-7,9H2,1-2H3. The van der Waals surface area contributed by atoms with Crippen molar-refractivity contribution in [2.75, 3.05) is 19.6 Å². The van der Waals surface area contributed by atoms with Gasteiger partial charge in [0.15, 0.2) is 0 Å². The van der Waals surface area contributed by atoms with Crippen LogP contribution in [0.4, 0.5) is 0 Å². The monoisotopic (exact) mass is 380 g/mol. The molecule has 0 radical (unpaired) electrons. The Balaban J connectivity index is 2.31. The van der Waals surface area contributed by atoms with Crippen LogP contribution in [0, 0.1) is 6.92 Å². The van der Waals surface area contributed by atoms with Crippen molar-refractivity contribution < 1.29 is 8.42 Å². The molecule has 2 heterocycles. The van der Waals surface area contributed by atoms with Gasteiger partial charge in [-0.2, -0.15) is 4.31 Å². The highest BCUT2D eigenvalue weighted by Crippen LogP contribution is 2.33. The summed E-state index contributed by atoms with van der Waals surface area (Å²) in [6.45, 7) is 6.27. The van der Waals surface area contributed by atoms with E-state index in [0.717, 1.165) is 41.7 Å². The number of piperidine rings is 1. The van der Waals surface area contributed by atoms with Gasteiger partial charge in [-0.15, -0.1) is 11.3 Å². The molecule has 0 amide bonds. The van der Waals surface area contributed by atoms with Gasteiger partial charge in [0.05, 0.1) is 3.79 Å². The van der Waals surface area contributed by atoms with Crippen LogP contribution >= 0.6 is 27.3 Å². The van der Waals surface area contributed by atoms with Crippen LogP contribution in [0.3, 0.4) is 0 Å². The summed E-state index contributed by atoms with van der Waals surface area (Å²) in [6, 6.07) is 1.85. The van der Waals surface area contributed by atoms with E-state index in [9.17, 15) is 8.42 Å². The van der Waals surface area contributed by atoms with E-state index < -0.39 is 10.0 Å². The Morgan fingerprint density at radius 2 is 2.30 bits per heavy atom. The molecule has 114 valence electrons. The zero-order valence-electron chi connectivity index (χ0n) is 11.9. The summed E-state index contributed by atoms with van der Waals surface area (Å²) in [7, 11) is -3.38. The number of halogens is 1. The minimum absolute atomic E-state index is 0.0786. The molecule has 1 aliphatic rings. The largest absolute Gasteiger partial charge is 0.315 e. The molecule has 1 fully saturated rings. The van der Waals surface area contributed by atoms with Crippen molar-refractivity contribution >= 4 is 37.3 Å². The van der Waals surface area contributed by atoms with Crippen LogP contribution in [0.15, 0.2) is 14.1 Å². The van der Waals surface area contributed by atoms with E-state index in [4.69, 9.17) is 0 Å². The van der Waals surface area contributed by atoms with Gasteiger partial charge in [0, 0.05) is 19.1 Å². The normalized spacial score (nSPS) is 20.5. The molecular weight excluding hydrogens is 360 g/mol. The first-order chi connectivity index (χ1) is 9.46. The van der Waals surface area contributed by atoms with Crippen LogP contribution in [0.5, 0.6) is 0 Å². The highest BCUT2D eigenvalue weighted by atomic mass is 79.9. The number of rotatable bonds is 5. The first kappa shape index (κ1) is 16.4. The molecule has 0 spiro atoms. The lowest BCUT2D eigenvalue weighted by molar-refractivity contribution is 0.266. The van der Waals surface area contributed by atoms with Crippen molar-refractivity contribution in [3.63, 3.8) is 0 Å². The summed E-state index contributed by atoms with van der Waals surface area (Å²) < 4.78 is 28.8. The van der Waals surface area contributed by atoms with Gasteiger partial charge < -0.3 is 5.32 Å². The average Bonchev–Trinajstić information content (AvgIpc) is 2.77. The quantitative estimate of drug-likeness (QED) is 0.853. The molecule has 0 bridgehead atoms. The van der Waals surface area contributed by atoms with Crippen molar-refractivity contribution in [1.29, 1.82) is 0 Å². The molecule has 1 saturated heterocycles. The number of thiophene rings is 1. The van der Waals surface area contributed by atoms with Crippen LogP contribution < -0.4 is 5.32 Å². The molecule has 1 aromatic rings. The lowest BCUT2D eigenvalue weighted by Gasteiger charge is -2.33.